The Morgan fingerprint density at radius 1 is 1.17 bits per heavy atom. The number of aryl methyl sites for hydroxylation is 1. The van der Waals surface area contributed by atoms with Gasteiger partial charge in [-0.3, -0.25) is 10.1 Å². The van der Waals surface area contributed by atoms with Gasteiger partial charge in [-0.1, -0.05) is 0 Å². The molecule has 1 heterocycles. The van der Waals surface area contributed by atoms with Crippen LogP contribution in [0.5, 0.6) is 0 Å². The highest BCUT2D eigenvalue weighted by Gasteiger charge is 2.25. The van der Waals surface area contributed by atoms with Gasteiger partial charge < -0.3 is 10.1 Å². The van der Waals surface area contributed by atoms with Crippen molar-refractivity contribution in [3.63, 3.8) is 0 Å². The summed E-state index contributed by atoms with van der Waals surface area (Å²) in [4.78, 5) is 36.9. The lowest BCUT2D eigenvalue weighted by Crippen LogP contribution is -2.46. The van der Waals surface area contributed by atoms with E-state index in [0.29, 0.717) is 5.56 Å². The Bertz CT molecular complexity index is 609. The number of esters is 1. The van der Waals surface area contributed by atoms with Crippen LogP contribution in [0, 0.1) is 0 Å². The fourth-order valence-electron chi connectivity index (χ4n) is 2.45. The zero-order valence-corrected chi connectivity index (χ0v) is 14.4. The first kappa shape index (κ1) is 17.5. The number of hydrogen-bond donors (Lipinski definition) is 2. The number of nitrogens with one attached hydrogen (secondary N) is 2. The molecule has 0 radical (unpaired) electrons. The van der Waals surface area contributed by atoms with E-state index >= 15 is 0 Å². The second-order valence-corrected chi connectivity index (χ2v) is 6.89. The molecule has 0 aromatic carbocycles. The third-order valence-corrected chi connectivity index (χ3v) is 4.68. The summed E-state index contributed by atoms with van der Waals surface area (Å²) < 4.78 is 5.20. The summed E-state index contributed by atoms with van der Waals surface area (Å²) in [5.74, 6) is -1.14. The number of ether oxygens (including phenoxy) is 1. The molecule has 1 atom stereocenters. The topological polar surface area (TPSA) is 84.5 Å². The Hall–Kier alpha value is -1.89. The second kappa shape index (κ2) is 7.59. The van der Waals surface area contributed by atoms with Gasteiger partial charge in [0, 0.05) is 16.3 Å². The van der Waals surface area contributed by atoms with Crippen LogP contribution in [-0.2, 0) is 22.4 Å². The summed E-state index contributed by atoms with van der Waals surface area (Å²) in [6.07, 6.45) is 3.06. The number of imide groups is 1. The molecule has 6 nitrogen and oxygen atoms in total. The predicted octanol–water partition coefficient (Wildman–Crippen LogP) is 2.41. The van der Waals surface area contributed by atoms with Crippen molar-refractivity contribution in [2.75, 3.05) is 0 Å². The van der Waals surface area contributed by atoms with E-state index in [4.69, 9.17) is 4.74 Å². The van der Waals surface area contributed by atoms with Gasteiger partial charge in [-0.15, -0.1) is 11.3 Å². The Balaban J connectivity index is 1.93. The predicted molar refractivity (Wildman–Crippen MR) is 87.6 cm³/mol. The Morgan fingerprint density at radius 2 is 1.87 bits per heavy atom. The molecule has 0 saturated heterocycles. The molecule has 23 heavy (non-hydrogen) atoms. The zero-order valence-electron chi connectivity index (χ0n) is 13.6. The average molecular weight is 338 g/mol. The van der Waals surface area contributed by atoms with Crippen LogP contribution in [0.2, 0.25) is 0 Å². The highest BCUT2D eigenvalue weighted by atomic mass is 32.1. The smallest absolute Gasteiger partial charge is 0.340 e. The Morgan fingerprint density at radius 3 is 2.57 bits per heavy atom. The van der Waals surface area contributed by atoms with Gasteiger partial charge in [0.2, 0.25) is 0 Å². The van der Waals surface area contributed by atoms with Gasteiger partial charge in [-0.05, 0) is 52.0 Å². The van der Waals surface area contributed by atoms with Crippen molar-refractivity contribution >= 4 is 29.2 Å². The number of fused-ring (bicyclic) bond motifs is 1. The molecule has 0 fully saturated rings. The first-order valence-corrected chi connectivity index (χ1v) is 8.68. The first-order valence-electron chi connectivity index (χ1n) is 7.80. The molecule has 1 aliphatic rings. The molecule has 2 rings (SSSR count). The average Bonchev–Trinajstić information content (AvgIpc) is 2.90. The van der Waals surface area contributed by atoms with Crippen molar-refractivity contribution in [1.82, 2.24) is 10.6 Å². The summed E-state index contributed by atoms with van der Waals surface area (Å²) in [7, 11) is 0. The SMILES string of the molecule is CC(C)NC(=O)NC(=O)[C@@H](C)OC(=O)c1csc2c1CCCC2. The molecule has 3 amide bonds. The van der Waals surface area contributed by atoms with Crippen molar-refractivity contribution < 1.29 is 19.1 Å². The molecular formula is C16H22N2O4S. The fourth-order valence-corrected chi connectivity index (χ4v) is 3.57. The minimum absolute atomic E-state index is 0.0852. The molecule has 1 aliphatic carbocycles. The maximum absolute atomic E-state index is 12.3. The number of carbonyl (C=O) groups excluding carboxylic acids is 3. The monoisotopic (exact) mass is 338 g/mol. The van der Waals surface area contributed by atoms with Gasteiger partial charge in [0.05, 0.1) is 5.56 Å². The normalized spacial score (nSPS) is 14.8. The van der Waals surface area contributed by atoms with Crippen LogP contribution in [0.25, 0.3) is 0 Å². The molecule has 7 heteroatoms. The van der Waals surface area contributed by atoms with Gasteiger partial charge in [-0.25, -0.2) is 9.59 Å². The van der Waals surface area contributed by atoms with E-state index in [1.54, 1.807) is 30.6 Å². The lowest BCUT2D eigenvalue weighted by Gasteiger charge is -2.16. The summed E-state index contributed by atoms with van der Waals surface area (Å²) >= 11 is 1.57. The maximum atomic E-state index is 12.3. The minimum Gasteiger partial charge on any atom is -0.449 e. The van der Waals surface area contributed by atoms with E-state index in [1.165, 1.54) is 11.8 Å². The minimum atomic E-state index is -1.03. The molecule has 2 N–H and O–H groups in total. The largest absolute Gasteiger partial charge is 0.449 e. The highest BCUT2D eigenvalue weighted by molar-refractivity contribution is 7.10. The van der Waals surface area contributed by atoms with Crippen molar-refractivity contribution in [3.8, 4) is 0 Å². The second-order valence-electron chi connectivity index (χ2n) is 5.92. The molecule has 0 bridgehead atoms. The summed E-state index contributed by atoms with van der Waals surface area (Å²) in [6.45, 7) is 5.02. The van der Waals surface area contributed by atoms with Crippen LogP contribution < -0.4 is 10.6 Å². The standard InChI is InChI=1S/C16H22N2O4S/c1-9(2)17-16(21)18-14(19)10(3)22-15(20)12-8-23-13-7-5-4-6-11(12)13/h8-10H,4-7H2,1-3H3,(H2,17,18,19,21)/t10-/m1/s1. The molecule has 1 aromatic rings. The van der Waals surface area contributed by atoms with Crippen LogP contribution in [0.3, 0.4) is 0 Å². The van der Waals surface area contributed by atoms with Gasteiger partial charge in [0.1, 0.15) is 0 Å². The molecule has 126 valence electrons. The van der Waals surface area contributed by atoms with E-state index in [2.05, 4.69) is 10.6 Å². The third kappa shape index (κ3) is 4.54. The van der Waals surface area contributed by atoms with Gasteiger partial charge in [0.25, 0.3) is 5.91 Å². The maximum Gasteiger partial charge on any atom is 0.340 e. The summed E-state index contributed by atoms with van der Waals surface area (Å²) in [5, 5.41) is 6.50. The molecule has 0 aliphatic heterocycles. The van der Waals surface area contributed by atoms with Crippen molar-refractivity contribution in [3.05, 3.63) is 21.4 Å². The van der Waals surface area contributed by atoms with Crippen molar-refractivity contribution in [2.45, 2.75) is 58.6 Å². The molecule has 0 unspecified atom stereocenters. The van der Waals surface area contributed by atoms with E-state index in [-0.39, 0.29) is 6.04 Å². The number of hydrogen-bond acceptors (Lipinski definition) is 5. The lowest BCUT2D eigenvalue weighted by atomic mass is 9.96. The van der Waals surface area contributed by atoms with Crippen LogP contribution in [0.1, 0.15) is 54.4 Å². The number of carbonyl (C=O) groups is 3. The number of urea groups is 1. The zero-order chi connectivity index (χ0) is 17.0. The number of thiophene rings is 1. The van der Waals surface area contributed by atoms with E-state index in [1.807, 2.05) is 0 Å². The van der Waals surface area contributed by atoms with Crippen LogP contribution >= 0.6 is 11.3 Å². The van der Waals surface area contributed by atoms with E-state index in [0.717, 1.165) is 31.2 Å². The lowest BCUT2D eigenvalue weighted by molar-refractivity contribution is -0.127. The van der Waals surface area contributed by atoms with Gasteiger partial charge in [0.15, 0.2) is 6.10 Å². The Kier molecular flexibility index (Phi) is 5.76. The molecule has 0 spiro atoms. The molecular weight excluding hydrogens is 316 g/mol. The number of amides is 3. The first-order chi connectivity index (χ1) is 10.9. The van der Waals surface area contributed by atoms with E-state index in [9.17, 15) is 14.4 Å². The third-order valence-electron chi connectivity index (χ3n) is 3.59. The summed E-state index contributed by atoms with van der Waals surface area (Å²) in [6, 6.07) is -0.682. The van der Waals surface area contributed by atoms with Gasteiger partial charge >= 0.3 is 12.0 Å². The van der Waals surface area contributed by atoms with Crippen molar-refractivity contribution in [1.29, 1.82) is 0 Å². The van der Waals surface area contributed by atoms with Crippen LogP contribution in [0.4, 0.5) is 4.79 Å². The van der Waals surface area contributed by atoms with E-state index < -0.39 is 24.0 Å². The number of rotatable bonds is 4. The highest BCUT2D eigenvalue weighted by Crippen LogP contribution is 2.30. The van der Waals surface area contributed by atoms with Gasteiger partial charge in [-0.2, -0.15) is 0 Å². The van der Waals surface area contributed by atoms with Crippen molar-refractivity contribution in [2.24, 2.45) is 0 Å². The molecule has 0 saturated carbocycles. The molecule has 1 aromatic heterocycles. The Labute approximate surface area is 139 Å². The summed E-state index contributed by atoms with van der Waals surface area (Å²) in [5.41, 5.74) is 1.60. The quantitative estimate of drug-likeness (QED) is 0.826. The van der Waals surface area contributed by atoms with Crippen LogP contribution in [-0.4, -0.2) is 30.1 Å². The fraction of sp³-hybridized carbons (Fsp3) is 0.562. The van der Waals surface area contributed by atoms with Crippen LogP contribution in [0.15, 0.2) is 5.38 Å².